The number of esters is 1. The number of aryl methyl sites for hydroxylation is 1. The molecule has 0 bridgehead atoms. The lowest BCUT2D eigenvalue weighted by molar-refractivity contribution is -0.141. The Kier molecular flexibility index (Phi) is 8.03. The van der Waals surface area contributed by atoms with Gasteiger partial charge in [-0.05, 0) is 65.9 Å². The summed E-state index contributed by atoms with van der Waals surface area (Å²) in [6, 6.07) is 17.9. The predicted octanol–water partition coefficient (Wildman–Crippen LogP) is 4.91. The lowest BCUT2D eigenvalue weighted by atomic mass is 9.97. The molecule has 0 atom stereocenters. The Morgan fingerprint density at radius 2 is 1.81 bits per heavy atom. The zero-order valence-corrected chi connectivity index (χ0v) is 21.0. The Hall–Kier alpha value is -3.68. The number of amides is 1. The van der Waals surface area contributed by atoms with Gasteiger partial charge < -0.3 is 10.1 Å². The number of nitrogens with one attached hydrogen (secondary N) is 1. The molecular formula is C27H23Cl2N3O4. The van der Waals surface area contributed by atoms with Gasteiger partial charge in [0.2, 0.25) is 0 Å². The molecule has 36 heavy (non-hydrogen) atoms. The van der Waals surface area contributed by atoms with E-state index in [1.54, 1.807) is 30.3 Å². The van der Waals surface area contributed by atoms with Crippen LogP contribution in [0.2, 0.25) is 10.0 Å². The van der Waals surface area contributed by atoms with E-state index in [4.69, 9.17) is 23.2 Å². The van der Waals surface area contributed by atoms with Gasteiger partial charge in [-0.2, -0.15) is 0 Å². The zero-order valence-electron chi connectivity index (χ0n) is 19.5. The van der Waals surface area contributed by atoms with Gasteiger partial charge in [0.05, 0.1) is 24.3 Å². The molecule has 0 unspecified atom stereocenters. The van der Waals surface area contributed by atoms with E-state index < -0.39 is 11.5 Å². The molecule has 0 aliphatic rings. The molecule has 4 aromatic rings. The first-order valence-corrected chi connectivity index (χ1v) is 12.0. The van der Waals surface area contributed by atoms with Gasteiger partial charge >= 0.3 is 5.97 Å². The van der Waals surface area contributed by atoms with Crippen LogP contribution < -0.4 is 10.9 Å². The molecule has 7 nitrogen and oxygen atoms in total. The molecule has 0 radical (unpaired) electrons. The SMILES string of the molecule is COC(=O)Cn1cnc2cc(C(=O)NCCCc3ccc(Cl)cc3)c(-c3cccc(Cl)c3)cc2c1=O. The largest absolute Gasteiger partial charge is 0.468 e. The van der Waals surface area contributed by atoms with Crippen molar-refractivity contribution in [1.82, 2.24) is 14.9 Å². The molecule has 0 fully saturated rings. The molecule has 0 aliphatic heterocycles. The van der Waals surface area contributed by atoms with Crippen molar-refractivity contribution in [2.45, 2.75) is 19.4 Å². The molecule has 1 amide bonds. The number of carbonyl (C=O) groups is 2. The summed E-state index contributed by atoms with van der Waals surface area (Å²) in [5.41, 5.74) is 2.65. The minimum Gasteiger partial charge on any atom is -0.468 e. The topological polar surface area (TPSA) is 90.3 Å². The predicted molar refractivity (Wildman–Crippen MR) is 141 cm³/mol. The monoisotopic (exact) mass is 523 g/mol. The molecule has 0 spiro atoms. The van der Waals surface area contributed by atoms with Gasteiger partial charge in [0.15, 0.2) is 0 Å². The van der Waals surface area contributed by atoms with Crippen LogP contribution in [0.15, 0.2) is 71.8 Å². The lowest BCUT2D eigenvalue weighted by Gasteiger charge is -2.13. The van der Waals surface area contributed by atoms with Crippen molar-refractivity contribution < 1.29 is 14.3 Å². The molecule has 0 saturated carbocycles. The molecule has 9 heteroatoms. The van der Waals surface area contributed by atoms with Gasteiger partial charge in [0.1, 0.15) is 6.54 Å². The Morgan fingerprint density at radius 3 is 2.53 bits per heavy atom. The maximum atomic E-state index is 13.2. The van der Waals surface area contributed by atoms with E-state index in [1.165, 1.54) is 18.0 Å². The van der Waals surface area contributed by atoms with Crippen LogP contribution in [-0.2, 0) is 22.5 Å². The molecule has 0 aliphatic carbocycles. The van der Waals surface area contributed by atoms with Crippen LogP contribution in [0.3, 0.4) is 0 Å². The number of aromatic nitrogens is 2. The number of fused-ring (bicyclic) bond motifs is 1. The Labute approximate surface area is 217 Å². The minimum atomic E-state index is -0.567. The summed E-state index contributed by atoms with van der Waals surface area (Å²) in [5.74, 6) is -0.855. The van der Waals surface area contributed by atoms with Crippen LogP contribution in [0, 0.1) is 0 Å². The fourth-order valence-electron chi connectivity index (χ4n) is 3.85. The van der Waals surface area contributed by atoms with Crippen molar-refractivity contribution in [3.8, 4) is 11.1 Å². The number of methoxy groups -OCH3 is 1. The zero-order chi connectivity index (χ0) is 25.7. The smallest absolute Gasteiger partial charge is 0.325 e. The molecule has 1 heterocycles. The first-order valence-electron chi connectivity index (χ1n) is 11.2. The molecule has 1 aromatic heterocycles. The van der Waals surface area contributed by atoms with Crippen molar-refractivity contribution in [3.05, 3.63) is 98.5 Å². The molecular weight excluding hydrogens is 501 g/mol. The summed E-state index contributed by atoms with van der Waals surface area (Å²) in [7, 11) is 1.25. The van der Waals surface area contributed by atoms with E-state index in [-0.39, 0.29) is 17.8 Å². The van der Waals surface area contributed by atoms with Gasteiger partial charge in [0.25, 0.3) is 11.5 Å². The highest BCUT2D eigenvalue weighted by Gasteiger charge is 2.18. The first-order chi connectivity index (χ1) is 17.4. The second kappa shape index (κ2) is 11.4. The summed E-state index contributed by atoms with van der Waals surface area (Å²) in [4.78, 5) is 42.3. The molecule has 3 aromatic carbocycles. The fraction of sp³-hybridized carbons (Fsp3) is 0.185. The van der Waals surface area contributed by atoms with Crippen LogP contribution >= 0.6 is 23.2 Å². The average molecular weight is 524 g/mol. The summed E-state index contributed by atoms with van der Waals surface area (Å²) in [6.07, 6.45) is 2.80. The van der Waals surface area contributed by atoms with Crippen molar-refractivity contribution in [2.24, 2.45) is 0 Å². The van der Waals surface area contributed by atoms with Crippen LogP contribution in [0.25, 0.3) is 22.0 Å². The van der Waals surface area contributed by atoms with Gasteiger partial charge in [-0.3, -0.25) is 19.0 Å². The van der Waals surface area contributed by atoms with Gasteiger partial charge in [-0.25, -0.2) is 4.98 Å². The maximum absolute atomic E-state index is 13.2. The quantitative estimate of drug-likeness (QED) is 0.262. The van der Waals surface area contributed by atoms with Crippen LogP contribution in [0.1, 0.15) is 22.3 Å². The summed E-state index contributed by atoms with van der Waals surface area (Å²) >= 11 is 12.1. The van der Waals surface area contributed by atoms with Crippen molar-refractivity contribution in [2.75, 3.05) is 13.7 Å². The third-order valence-corrected chi connectivity index (χ3v) is 6.20. The first kappa shape index (κ1) is 25.4. The minimum absolute atomic E-state index is 0.263. The maximum Gasteiger partial charge on any atom is 0.325 e. The molecule has 184 valence electrons. The number of halogens is 2. The van der Waals surface area contributed by atoms with Gasteiger partial charge in [0, 0.05) is 22.2 Å². The number of carbonyl (C=O) groups excluding carboxylic acids is 2. The normalized spacial score (nSPS) is 10.9. The average Bonchev–Trinajstić information content (AvgIpc) is 2.88. The lowest BCUT2D eigenvalue weighted by Crippen LogP contribution is -2.27. The van der Waals surface area contributed by atoms with Crippen LogP contribution in [0.5, 0.6) is 0 Å². The molecule has 1 N–H and O–H groups in total. The number of benzene rings is 3. The number of hydrogen-bond donors (Lipinski definition) is 1. The highest BCUT2D eigenvalue weighted by atomic mass is 35.5. The highest BCUT2D eigenvalue weighted by Crippen LogP contribution is 2.29. The summed E-state index contributed by atoms with van der Waals surface area (Å²) in [5, 5.41) is 4.41. The van der Waals surface area contributed by atoms with Crippen molar-refractivity contribution in [1.29, 1.82) is 0 Å². The van der Waals surface area contributed by atoms with E-state index in [2.05, 4.69) is 15.0 Å². The third-order valence-electron chi connectivity index (χ3n) is 5.71. The van der Waals surface area contributed by atoms with Crippen LogP contribution in [0.4, 0.5) is 0 Å². The molecule has 0 saturated heterocycles. The number of rotatable bonds is 8. The Balaban J connectivity index is 1.64. The highest BCUT2D eigenvalue weighted by molar-refractivity contribution is 6.31. The summed E-state index contributed by atoms with van der Waals surface area (Å²) < 4.78 is 5.83. The second-order valence-corrected chi connectivity index (χ2v) is 9.04. The number of ether oxygens (including phenoxy) is 1. The second-order valence-electron chi connectivity index (χ2n) is 8.16. The van der Waals surface area contributed by atoms with E-state index in [0.717, 1.165) is 18.4 Å². The van der Waals surface area contributed by atoms with Gasteiger partial charge in [-0.15, -0.1) is 0 Å². The van der Waals surface area contributed by atoms with Crippen molar-refractivity contribution >= 4 is 46.0 Å². The third kappa shape index (κ3) is 5.93. The van der Waals surface area contributed by atoms with Crippen molar-refractivity contribution in [3.63, 3.8) is 0 Å². The Morgan fingerprint density at radius 1 is 1.03 bits per heavy atom. The van der Waals surface area contributed by atoms with E-state index in [0.29, 0.717) is 38.8 Å². The standard InChI is InChI=1S/C27H23Cl2N3O4/c1-36-25(33)15-32-16-31-24-14-22(26(34)30-11-3-4-17-7-9-19(28)10-8-17)21(13-23(24)27(32)35)18-5-2-6-20(29)12-18/h2,5-10,12-14,16H,3-4,11,15H2,1H3,(H,30,34). The number of nitrogens with zero attached hydrogens (tertiary/aromatic N) is 2. The van der Waals surface area contributed by atoms with E-state index >= 15 is 0 Å². The summed E-state index contributed by atoms with van der Waals surface area (Å²) in [6.45, 7) is 0.198. The number of hydrogen-bond acceptors (Lipinski definition) is 5. The van der Waals surface area contributed by atoms with E-state index in [1.807, 2.05) is 30.3 Å². The van der Waals surface area contributed by atoms with E-state index in [9.17, 15) is 14.4 Å². The molecule has 4 rings (SSSR count). The van der Waals surface area contributed by atoms with Gasteiger partial charge in [-0.1, -0.05) is 47.5 Å². The fourth-order valence-corrected chi connectivity index (χ4v) is 4.16. The van der Waals surface area contributed by atoms with Crippen LogP contribution in [-0.4, -0.2) is 35.1 Å². The Bertz CT molecular complexity index is 1480.